The van der Waals surface area contributed by atoms with E-state index in [1.807, 2.05) is 49.4 Å². The zero-order valence-corrected chi connectivity index (χ0v) is 15.2. The second kappa shape index (κ2) is 7.12. The Bertz CT molecular complexity index is 1020. The fourth-order valence-electron chi connectivity index (χ4n) is 2.77. The maximum absolute atomic E-state index is 13.2. The average Bonchev–Trinajstić information content (AvgIpc) is 2.62. The van der Waals surface area contributed by atoms with Crippen LogP contribution in [0.25, 0.3) is 16.6 Å². The predicted molar refractivity (Wildman–Crippen MR) is 102 cm³/mol. The van der Waals surface area contributed by atoms with Gasteiger partial charge in [-0.25, -0.2) is 4.98 Å². The molecule has 1 atom stereocenters. The zero-order chi connectivity index (χ0) is 18.0. The maximum atomic E-state index is 13.2. The summed E-state index contributed by atoms with van der Waals surface area (Å²) >= 11 is 1.31. The summed E-state index contributed by atoms with van der Waals surface area (Å²) in [7, 11) is 0. The molecule has 3 aromatic rings. The van der Waals surface area contributed by atoms with Crippen molar-refractivity contribution in [2.75, 3.05) is 0 Å². The minimum Gasteiger partial charge on any atom is -0.268 e. The molecule has 5 heteroatoms. The summed E-state index contributed by atoms with van der Waals surface area (Å²) < 4.78 is 1.65. The molecular weight excluding hydrogens is 330 g/mol. The van der Waals surface area contributed by atoms with Crippen LogP contribution in [0.15, 0.2) is 58.5 Å². The molecule has 0 unspecified atom stereocenters. The van der Waals surface area contributed by atoms with Gasteiger partial charge in [-0.15, -0.1) is 0 Å². The SMILES string of the molecule is CC(C)c1ccccc1-n1c(S[C@H](C)C#N)nc2ccccc2c1=O. The number of hydrogen-bond donors (Lipinski definition) is 0. The summed E-state index contributed by atoms with van der Waals surface area (Å²) in [5.74, 6) is 0.265. The Morgan fingerprint density at radius 3 is 2.48 bits per heavy atom. The highest BCUT2D eigenvalue weighted by Gasteiger charge is 2.18. The van der Waals surface area contributed by atoms with Gasteiger partial charge in [0.15, 0.2) is 5.16 Å². The molecular formula is C20H19N3OS. The van der Waals surface area contributed by atoms with Crippen LogP contribution in [0.2, 0.25) is 0 Å². The summed E-state index contributed by atoms with van der Waals surface area (Å²) in [6.07, 6.45) is 0. The number of fused-ring (bicyclic) bond motifs is 1. The first-order valence-electron chi connectivity index (χ1n) is 8.20. The third-order valence-electron chi connectivity index (χ3n) is 4.01. The highest BCUT2D eigenvalue weighted by molar-refractivity contribution is 8.00. The Balaban J connectivity index is 2.37. The minimum absolute atomic E-state index is 0.105. The number of nitrogens with zero attached hydrogens (tertiary/aromatic N) is 3. The van der Waals surface area contributed by atoms with Crippen LogP contribution in [-0.2, 0) is 0 Å². The molecule has 2 aromatic carbocycles. The van der Waals surface area contributed by atoms with E-state index in [-0.39, 0.29) is 16.7 Å². The molecule has 1 heterocycles. The molecule has 0 bridgehead atoms. The van der Waals surface area contributed by atoms with Crippen molar-refractivity contribution in [2.45, 2.75) is 37.1 Å². The third-order valence-corrected chi connectivity index (χ3v) is 4.95. The van der Waals surface area contributed by atoms with Gasteiger partial charge in [-0.3, -0.25) is 9.36 Å². The van der Waals surface area contributed by atoms with E-state index >= 15 is 0 Å². The van der Waals surface area contributed by atoms with Gasteiger partial charge in [0.05, 0.1) is 27.9 Å². The van der Waals surface area contributed by atoms with Crippen LogP contribution < -0.4 is 5.56 Å². The number of nitriles is 1. The van der Waals surface area contributed by atoms with E-state index < -0.39 is 0 Å². The Morgan fingerprint density at radius 2 is 1.76 bits per heavy atom. The van der Waals surface area contributed by atoms with Crippen LogP contribution in [0.5, 0.6) is 0 Å². The molecule has 0 saturated heterocycles. The first kappa shape index (κ1) is 17.2. The zero-order valence-electron chi connectivity index (χ0n) is 14.4. The van der Waals surface area contributed by atoms with Gasteiger partial charge in [0.2, 0.25) is 0 Å². The Labute approximate surface area is 151 Å². The maximum Gasteiger partial charge on any atom is 0.266 e. The van der Waals surface area contributed by atoms with Crippen LogP contribution in [0, 0.1) is 11.3 Å². The summed E-state index contributed by atoms with van der Waals surface area (Å²) in [5.41, 5.74) is 2.45. The van der Waals surface area contributed by atoms with Crippen molar-refractivity contribution in [3.8, 4) is 11.8 Å². The van der Waals surface area contributed by atoms with E-state index in [0.29, 0.717) is 16.1 Å². The number of hydrogen-bond acceptors (Lipinski definition) is 4. The monoisotopic (exact) mass is 349 g/mol. The van der Waals surface area contributed by atoms with E-state index in [2.05, 4.69) is 24.9 Å². The van der Waals surface area contributed by atoms with Crippen molar-refractivity contribution >= 4 is 22.7 Å². The first-order valence-corrected chi connectivity index (χ1v) is 9.08. The lowest BCUT2D eigenvalue weighted by Gasteiger charge is -2.18. The molecule has 0 aliphatic carbocycles. The van der Waals surface area contributed by atoms with E-state index in [1.54, 1.807) is 10.6 Å². The average molecular weight is 349 g/mol. The summed E-state index contributed by atoms with van der Waals surface area (Å²) in [6.45, 7) is 6.01. The van der Waals surface area contributed by atoms with Crippen molar-refractivity contribution in [3.63, 3.8) is 0 Å². The molecule has 3 rings (SSSR count). The molecule has 0 spiro atoms. The van der Waals surface area contributed by atoms with Gasteiger partial charge in [0.25, 0.3) is 5.56 Å². The van der Waals surface area contributed by atoms with E-state index in [4.69, 9.17) is 0 Å². The van der Waals surface area contributed by atoms with Crippen LogP contribution in [0.1, 0.15) is 32.3 Å². The van der Waals surface area contributed by atoms with Crippen molar-refractivity contribution in [1.82, 2.24) is 9.55 Å². The van der Waals surface area contributed by atoms with Crippen LogP contribution in [0.3, 0.4) is 0 Å². The lowest BCUT2D eigenvalue weighted by molar-refractivity contribution is 0.779. The van der Waals surface area contributed by atoms with Crippen LogP contribution in [0.4, 0.5) is 0 Å². The standard InChI is InChI=1S/C20H19N3OS/c1-13(2)15-8-5-7-11-18(15)23-19(24)16-9-4-6-10-17(16)22-20(23)25-14(3)12-21/h4-11,13-14H,1-3H3/t14-/m1/s1. The Hall–Kier alpha value is -2.58. The second-order valence-electron chi connectivity index (χ2n) is 6.15. The summed E-state index contributed by atoms with van der Waals surface area (Å²) in [6, 6.07) is 17.4. The molecule has 25 heavy (non-hydrogen) atoms. The fourth-order valence-corrected chi connectivity index (χ4v) is 3.57. The Morgan fingerprint density at radius 1 is 1.08 bits per heavy atom. The number of rotatable bonds is 4. The number of aromatic nitrogens is 2. The quantitative estimate of drug-likeness (QED) is 0.513. The Kier molecular flexibility index (Phi) is 4.91. The van der Waals surface area contributed by atoms with Crippen molar-refractivity contribution < 1.29 is 0 Å². The molecule has 4 nitrogen and oxygen atoms in total. The largest absolute Gasteiger partial charge is 0.268 e. The molecule has 126 valence electrons. The normalized spacial score (nSPS) is 12.3. The van der Waals surface area contributed by atoms with Crippen molar-refractivity contribution in [2.24, 2.45) is 0 Å². The highest BCUT2D eigenvalue weighted by atomic mass is 32.2. The smallest absolute Gasteiger partial charge is 0.266 e. The molecule has 0 saturated carbocycles. The van der Waals surface area contributed by atoms with Gasteiger partial charge < -0.3 is 0 Å². The molecule has 0 amide bonds. The van der Waals surface area contributed by atoms with Crippen LogP contribution >= 0.6 is 11.8 Å². The van der Waals surface area contributed by atoms with Gasteiger partial charge in [-0.05, 0) is 36.6 Å². The van der Waals surface area contributed by atoms with Crippen molar-refractivity contribution in [3.05, 3.63) is 64.4 Å². The number of benzene rings is 2. The van der Waals surface area contributed by atoms with Crippen molar-refractivity contribution in [1.29, 1.82) is 5.26 Å². The fraction of sp³-hybridized carbons (Fsp3) is 0.250. The molecule has 0 fully saturated rings. The topological polar surface area (TPSA) is 58.7 Å². The van der Waals surface area contributed by atoms with Crippen LogP contribution in [-0.4, -0.2) is 14.8 Å². The van der Waals surface area contributed by atoms with Gasteiger partial charge in [0.1, 0.15) is 0 Å². The molecule has 1 aromatic heterocycles. The molecule has 0 aliphatic heterocycles. The van der Waals surface area contributed by atoms with Gasteiger partial charge in [-0.1, -0.05) is 55.9 Å². The number of para-hydroxylation sites is 2. The van der Waals surface area contributed by atoms with E-state index in [1.165, 1.54) is 11.8 Å². The highest BCUT2D eigenvalue weighted by Crippen LogP contribution is 2.28. The first-order chi connectivity index (χ1) is 12.0. The summed E-state index contributed by atoms with van der Waals surface area (Å²) in [5, 5.41) is 10.0. The molecule has 0 aliphatic rings. The van der Waals surface area contributed by atoms with Gasteiger partial charge in [-0.2, -0.15) is 5.26 Å². The van der Waals surface area contributed by atoms with E-state index in [9.17, 15) is 10.1 Å². The lowest BCUT2D eigenvalue weighted by atomic mass is 10.0. The predicted octanol–water partition coefficient (Wildman–Crippen LogP) is 4.51. The lowest BCUT2D eigenvalue weighted by Crippen LogP contribution is -2.23. The van der Waals surface area contributed by atoms with E-state index in [0.717, 1.165) is 11.3 Å². The molecule has 0 radical (unpaired) electrons. The van der Waals surface area contributed by atoms with Gasteiger partial charge >= 0.3 is 0 Å². The third kappa shape index (κ3) is 3.31. The minimum atomic E-state index is -0.300. The summed E-state index contributed by atoms with van der Waals surface area (Å²) in [4.78, 5) is 17.9. The van der Waals surface area contributed by atoms with Gasteiger partial charge in [0, 0.05) is 0 Å². The number of thioether (sulfide) groups is 1. The second-order valence-corrected chi connectivity index (χ2v) is 7.46. The molecule has 0 N–H and O–H groups in total.